The lowest BCUT2D eigenvalue weighted by Crippen LogP contribution is -1.92. The van der Waals surface area contributed by atoms with Crippen molar-refractivity contribution in [3.8, 4) is 11.5 Å². The molecule has 1 N–H and O–H groups in total. The summed E-state index contributed by atoms with van der Waals surface area (Å²) in [5.41, 5.74) is 2.95. The van der Waals surface area contributed by atoms with Gasteiger partial charge in [0, 0.05) is 18.5 Å². The number of allylic oxidation sites excluding steroid dienone is 2. The van der Waals surface area contributed by atoms with Crippen LogP contribution in [0.1, 0.15) is 12.6 Å². The average molecular weight is 319 g/mol. The lowest BCUT2D eigenvalue weighted by Gasteiger charge is -1.97. The molecule has 0 fully saturated rings. The number of carbonyl (C=O) groups is 1. The van der Waals surface area contributed by atoms with E-state index in [9.17, 15) is 4.79 Å². The molecule has 0 unspecified atom stereocenters. The summed E-state index contributed by atoms with van der Waals surface area (Å²) < 4.78 is 10.6. The Bertz CT molecular complexity index is 972. The number of ketones is 1. The van der Waals surface area contributed by atoms with Crippen molar-refractivity contribution in [1.82, 2.24) is 4.98 Å². The molecule has 0 bridgehead atoms. The summed E-state index contributed by atoms with van der Waals surface area (Å²) in [6, 6.07) is 13.6. The van der Waals surface area contributed by atoms with E-state index in [1.165, 1.54) is 0 Å². The van der Waals surface area contributed by atoms with Crippen LogP contribution in [0.4, 0.5) is 0 Å². The third-order valence-electron chi connectivity index (χ3n) is 3.89. The smallest absolute Gasteiger partial charge is 0.231 e. The number of ether oxygens (including phenoxy) is 2. The van der Waals surface area contributed by atoms with Crippen molar-refractivity contribution in [3.05, 3.63) is 71.9 Å². The second-order valence-corrected chi connectivity index (χ2v) is 5.47. The predicted octanol–water partition coefficient (Wildman–Crippen LogP) is 4.44. The number of aromatic amines is 1. The molecule has 1 aliphatic rings. The number of hydrogen-bond acceptors (Lipinski definition) is 3. The van der Waals surface area contributed by atoms with Gasteiger partial charge in [0.25, 0.3) is 0 Å². The highest BCUT2D eigenvalue weighted by atomic mass is 16.7. The van der Waals surface area contributed by atoms with Crippen molar-refractivity contribution >= 4 is 28.8 Å². The number of benzene rings is 2. The molecular formula is C20H17NO3. The Morgan fingerprint density at radius 2 is 1.88 bits per heavy atom. The number of carbonyl (C=O) groups excluding carboxylic acids is 1. The van der Waals surface area contributed by atoms with E-state index < -0.39 is 0 Å². The van der Waals surface area contributed by atoms with Crippen LogP contribution in [-0.4, -0.2) is 17.6 Å². The molecule has 2 heterocycles. The lowest BCUT2D eigenvalue weighted by atomic mass is 10.1. The summed E-state index contributed by atoms with van der Waals surface area (Å²) in [4.78, 5) is 15.2. The molecular weight excluding hydrogens is 302 g/mol. The number of rotatable bonds is 4. The zero-order chi connectivity index (χ0) is 16.4. The van der Waals surface area contributed by atoms with E-state index >= 15 is 0 Å². The maximum absolute atomic E-state index is 12.0. The van der Waals surface area contributed by atoms with Crippen molar-refractivity contribution in [2.45, 2.75) is 0 Å². The van der Waals surface area contributed by atoms with Gasteiger partial charge in [-0.05, 0) is 47.6 Å². The third-order valence-corrected chi connectivity index (χ3v) is 3.89. The number of para-hydroxylation sites is 1. The topological polar surface area (TPSA) is 51.3 Å². The minimum absolute atomic E-state index is 0. The zero-order valence-electron chi connectivity index (χ0n) is 12.9. The van der Waals surface area contributed by atoms with Crippen LogP contribution in [-0.2, 0) is 4.79 Å². The number of fused-ring (bicyclic) bond motifs is 2. The first-order chi connectivity index (χ1) is 11.8. The van der Waals surface area contributed by atoms with Crippen LogP contribution in [0.3, 0.4) is 0 Å². The second-order valence-electron chi connectivity index (χ2n) is 5.47. The molecule has 1 aromatic heterocycles. The van der Waals surface area contributed by atoms with Gasteiger partial charge >= 0.3 is 0 Å². The molecule has 24 heavy (non-hydrogen) atoms. The van der Waals surface area contributed by atoms with Gasteiger partial charge in [-0.2, -0.15) is 0 Å². The molecule has 0 spiro atoms. The molecule has 2 aromatic carbocycles. The van der Waals surface area contributed by atoms with E-state index in [1.807, 2.05) is 54.7 Å². The molecule has 4 rings (SSSR count). The van der Waals surface area contributed by atoms with Gasteiger partial charge in [0.15, 0.2) is 17.3 Å². The molecule has 4 nitrogen and oxygen atoms in total. The van der Waals surface area contributed by atoms with Gasteiger partial charge in [0.1, 0.15) is 0 Å². The van der Waals surface area contributed by atoms with Gasteiger partial charge in [0.2, 0.25) is 6.79 Å². The molecule has 0 amide bonds. The second kappa shape index (κ2) is 6.08. The first-order valence-electron chi connectivity index (χ1n) is 7.65. The van der Waals surface area contributed by atoms with E-state index in [0.717, 1.165) is 27.8 Å². The quantitative estimate of drug-likeness (QED) is 0.723. The van der Waals surface area contributed by atoms with Crippen molar-refractivity contribution in [2.75, 3.05) is 6.79 Å². The van der Waals surface area contributed by atoms with Crippen molar-refractivity contribution in [3.63, 3.8) is 0 Å². The summed E-state index contributed by atoms with van der Waals surface area (Å²) in [5, 5.41) is 1.10. The number of H-pyrrole nitrogens is 1. The minimum atomic E-state index is -0.0713. The molecule has 0 saturated carbocycles. The highest BCUT2D eigenvalue weighted by molar-refractivity contribution is 6.05. The molecule has 0 saturated heterocycles. The highest BCUT2D eigenvalue weighted by Crippen LogP contribution is 2.32. The Morgan fingerprint density at radius 1 is 1.04 bits per heavy atom. The van der Waals surface area contributed by atoms with Gasteiger partial charge in [-0.1, -0.05) is 30.3 Å². The monoisotopic (exact) mass is 319 g/mol. The highest BCUT2D eigenvalue weighted by Gasteiger charge is 2.12. The van der Waals surface area contributed by atoms with Crippen molar-refractivity contribution in [1.29, 1.82) is 0 Å². The fraction of sp³-hybridized carbons (Fsp3) is 0.0500. The summed E-state index contributed by atoms with van der Waals surface area (Å²) in [6.45, 7) is 0.245. The number of nitrogens with one attached hydrogen (secondary N) is 1. The van der Waals surface area contributed by atoms with Gasteiger partial charge in [-0.25, -0.2) is 0 Å². The summed E-state index contributed by atoms with van der Waals surface area (Å²) in [5.74, 6) is 1.37. The summed E-state index contributed by atoms with van der Waals surface area (Å²) in [6.07, 6.45) is 8.60. The molecule has 120 valence electrons. The van der Waals surface area contributed by atoms with Crippen LogP contribution in [0.15, 0.2) is 60.8 Å². The molecule has 3 aromatic rings. The molecule has 0 atom stereocenters. The van der Waals surface area contributed by atoms with Gasteiger partial charge in [-0.3, -0.25) is 4.79 Å². The maximum atomic E-state index is 12.0. The van der Waals surface area contributed by atoms with Crippen LogP contribution in [0.5, 0.6) is 11.5 Å². The first-order valence-corrected chi connectivity index (χ1v) is 7.65. The Labute approximate surface area is 140 Å². The van der Waals surface area contributed by atoms with Crippen LogP contribution >= 0.6 is 0 Å². The van der Waals surface area contributed by atoms with E-state index in [4.69, 9.17) is 9.47 Å². The van der Waals surface area contributed by atoms with Gasteiger partial charge in [0.05, 0.1) is 0 Å². The van der Waals surface area contributed by atoms with E-state index in [-0.39, 0.29) is 14.0 Å². The van der Waals surface area contributed by atoms with Gasteiger partial charge < -0.3 is 14.5 Å². The SMILES string of the molecule is O=C(/C=C/c1ccc2c(c1)OCO2)/C=C/c1c[nH]c2ccccc12.[HH]. The molecule has 0 aliphatic carbocycles. The van der Waals surface area contributed by atoms with E-state index in [2.05, 4.69) is 4.98 Å². The number of hydrogen-bond donors (Lipinski definition) is 1. The van der Waals surface area contributed by atoms with Crippen molar-refractivity contribution < 1.29 is 15.7 Å². The van der Waals surface area contributed by atoms with Crippen LogP contribution in [0, 0.1) is 0 Å². The largest absolute Gasteiger partial charge is 0.454 e. The summed E-state index contributed by atoms with van der Waals surface area (Å²) >= 11 is 0. The van der Waals surface area contributed by atoms with E-state index in [1.54, 1.807) is 18.2 Å². The standard InChI is InChI=1S/C20H15NO3.H2/c22-16(8-5-14-6-10-19-20(11-14)24-13-23-19)9-7-15-12-21-18-4-2-1-3-17(15)18;/h1-12,21H,13H2;1H/b8-5+,9-7+;. The minimum Gasteiger partial charge on any atom is -0.454 e. The Morgan fingerprint density at radius 3 is 2.83 bits per heavy atom. The Balaban J connectivity index is 0.00000182. The van der Waals surface area contributed by atoms with Crippen LogP contribution in [0.25, 0.3) is 23.1 Å². The Hall–Kier alpha value is -3.27. The van der Waals surface area contributed by atoms with Crippen molar-refractivity contribution in [2.24, 2.45) is 0 Å². The van der Waals surface area contributed by atoms with Gasteiger partial charge in [-0.15, -0.1) is 0 Å². The normalized spacial score (nSPS) is 13.3. The van der Waals surface area contributed by atoms with Crippen LogP contribution < -0.4 is 9.47 Å². The third kappa shape index (κ3) is 2.82. The Kier molecular flexibility index (Phi) is 3.63. The maximum Gasteiger partial charge on any atom is 0.231 e. The van der Waals surface area contributed by atoms with Crippen LogP contribution in [0.2, 0.25) is 0 Å². The first kappa shape index (κ1) is 14.3. The van der Waals surface area contributed by atoms with E-state index in [0.29, 0.717) is 5.75 Å². The fourth-order valence-corrected chi connectivity index (χ4v) is 2.65. The number of aromatic nitrogens is 1. The molecule has 4 heteroatoms. The molecule has 1 aliphatic heterocycles. The predicted molar refractivity (Wildman–Crippen MR) is 96.1 cm³/mol. The summed E-state index contributed by atoms with van der Waals surface area (Å²) in [7, 11) is 0. The lowest BCUT2D eigenvalue weighted by molar-refractivity contribution is -0.110. The zero-order valence-corrected chi connectivity index (χ0v) is 12.9. The fourth-order valence-electron chi connectivity index (χ4n) is 2.65. The molecule has 0 radical (unpaired) electrons. The average Bonchev–Trinajstić information content (AvgIpc) is 3.24.